The number of hydrogen-bond acceptors (Lipinski definition) is 4. The van der Waals surface area contributed by atoms with E-state index < -0.39 is 0 Å². The molecule has 0 aromatic heterocycles. The van der Waals surface area contributed by atoms with Crippen LogP contribution >= 0.6 is 0 Å². The van der Waals surface area contributed by atoms with Crippen LogP contribution in [0.2, 0.25) is 0 Å². The molecule has 4 nitrogen and oxygen atoms in total. The van der Waals surface area contributed by atoms with Crippen LogP contribution in [0.3, 0.4) is 0 Å². The molecule has 2 unspecified atom stereocenters. The Kier molecular flexibility index (Phi) is 6.06. The fourth-order valence-corrected chi connectivity index (χ4v) is 3.60. The zero-order valence-electron chi connectivity index (χ0n) is 14.2. The maximum absolute atomic E-state index is 9.43. The fourth-order valence-electron chi connectivity index (χ4n) is 3.60. The number of rotatable bonds is 5. The van der Waals surface area contributed by atoms with Crippen LogP contribution in [0.15, 0.2) is 0 Å². The summed E-state index contributed by atoms with van der Waals surface area (Å²) >= 11 is 0. The van der Waals surface area contributed by atoms with Crippen LogP contribution < -0.4 is 5.32 Å². The van der Waals surface area contributed by atoms with Gasteiger partial charge in [-0.05, 0) is 58.9 Å². The van der Waals surface area contributed by atoms with E-state index in [0.717, 1.165) is 32.8 Å². The first-order valence-electron chi connectivity index (χ1n) is 8.58. The molecule has 2 aliphatic rings. The van der Waals surface area contributed by atoms with Gasteiger partial charge in [-0.1, -0.05) is 0 Å². The summed E-state index contributed by atoms with van der Waals surface area (Å²) in [5.41, 5.74) is 0.392. The molecular weight excluding hydrogens is 264 g/mol. The Bertz CT molecular complexity index is 308. The van der Waals surface area contributed by atoms with E-state index in [9.17, 15) is 5.11 Å². The first-order chi connectivity index (χ1) is 9.92. The lowest BCUT2D eigenvalue weighted by atomic mass is 9.80. The number of ether oxygens (including phenoxy) is 1. The van der Waals surface area contributed by atoms with Crippen molar-refractivity contribution >= 4 is 0 Å². The molecule has 0 aliphatic carbocycles. The Morgan fingerprint density at radius 2 is 2.14 bits per heavy atom. The molecule has 0 bridgehead atoms. The van der Waals surface area contributed by atoms with Gasteiger partial charge < -0.3 is 20.1 Å². The molecule has 2 atom stereocenters. The molecule has 0 spiro atoms. The maximum Gasteiger partial charge on any atom is 0.0546 e. The predicted molar refractivity (Wildman–Crippen MR) is 86.5 cm³/mol. The van der Waals surface area contributed by atoms with Gasteiger partial charge in [-0.3, -0.25) is 0 Å². The van der Waals surface area contributed by atoms with Crippen molar-refractivity contribution in [3.63, 3.8) is 0 Å². The zero-order valence-corrected chi connectivity index (χ0v) is 14.2. The van der Waals surface area contributed by atoms with Gasteiger partial charge in [0.25, 0.3) is 0 Å². The summed E-state index contributed by atoms with van der Waals surface area (Å²) in [6, 6.07) is 0. The molecule has 4 heteroatoms. The van der Waals surface area contributed by atoms with Crippen molar-refractivity contribution in [2.24, 2.45) is 11.3 Å². The Morgan fingerprint density at radius 1 is 1.33 bits per heavy atom. The minimum atomic E-state index is 0.153. The molecule has 2 N–H and O–H groups in total. The highest BCUT2D eigenvalue weighted by molar-refractivity contribution is 4.90. The minimum Gasteiger partial charge on any atom is -0.396 e. The third-order valence-corrected chi connectivity index (χ3v) is 4.82. The molecule has 124 valence electrons. The fraction of sp³-hybridized carbons (Fsp3) is 1.00. The van der Waals surface area contributed by atoms with Crippen molar-refractivity contribution in [3.8, 4) is 0 Å². The summed E-state index contributed by atoms with van der Waals surface area (Å²) in [5, 5.41) is 13.1. The molecule has 0 radical (unpaired) electrons. The normalized spacial score (nSPS) is 32.3. The average Bonchev–Trinajstić information content (AvgIpc) is 2.46. The summed E-state index contributed by atoms with van der Waals surface area (Å²) in [5.74, 6) is 0.468. The van der Waals surface area contributed by atoms with E-state index >= 15 is 0 Å². The second-order valence-electron chi connectivity index (χ2n) is 8.19. The molecule has 21 heavy (non-hydrogen) atoms. The van der Waals surface area contributed by atoms with Gasteiger partial charge in [0.05, 0.1) is 6.61 Å². The number of nitrogens with one attached hydrogen (secondary N) is 1. The first kappa shape index (κ1) is 17.2. The van der Waals surface area contributed by atoms with Crippen molar-refractivity contribution in [1.82, 2.24) is 10.2 Å². The molecular formula is C17H34N2O2. The number of likely N-dealkylation sites (tertiary alicyclic amines) is 1. The van der Waals surface area contributed by atoms with Crippen LogP contribution in [0.25, 0.3) is 0 Å². The Balaban J connectivity index is 1.95. The van der Waals surface area contributed by atoms with Crippen molar-refractivity contribution in [1.29, 1.82) is 0 Å². The number of aliphatic hydroxyl groups is 1. The minimum absolute atomic E-state index is 0.153. The van der Waals surface area contributed by atoms with Crippen LogP contribution in [-0.4, -0.2) is 61.5 Å². The SMILES string of the molecule is CC(C)(C)NCC1(CN2CCCC(CO)C2)CCCOC1. The standard InChI is InChI=1S/C17H34N2O2/c1-16(2,3)18-12-17(7-5-9-21-14-17)13-19-8-4-6-15(10-19)11-20/h15,18,20H,4-14H2,1-3H3. The molecule has 2 fully saturated rings. The lowest BCUT2D eigenvalue weighted by Gasteiger charge is -2.44. The Morgan fingerprint density at radius 3 is 2.76 bits per heavy atom. The van der Waals surface area contributed by atoms with Gasteiger partial charge in [0.1, 0.15) is 0 Å². The van der Waals surface area contributed by atoms with Gasteiger partial charge in [0.2, 0.25) is 0 Å². The highest BCUT2D eigenvalue weighted by Gasteiger charge is 2.36. The van der Waals surface area contributed by atoms with Crippen LogP contribution in [0.4, 0.5) is 0 Å². The number of nitrogens with zero attached hydrogens (tertiary/aromatic N) is 1. The van der Waals surface area contributed by atoms with E-state index in [1.807, 2.05) is 0 Å². The molecule has 0 aromatic rings. The third kappa shape index (κ3) is 5.51. The van der Waals surface area contributed by atoms with E-state index in [0.29, 0.717) is 12.5 Å². The van der Waals surface area contributed by atoms with Gasteiger partial charge in [0.15, 0.2) is 0 Å². The number of aliphatic hydroxyl groups excluding tert-OH is 1. The van der Waals surface area contributed by atoms with Crippen LogP contribution in [0.1, 0.15) is 46.5 Å². The molecule has 0 amide bonds. The van der Waals surface area contributed by atoms with Gasteiger partial charge in [-0.2, -0.15) is 0 Å². The lowest BCUT2D eigenvalue weighted by Crippen LogP contribution is -2.53. The summed E-state index contributed by atoms with van der Waals surface area (Å²) in [6.45, 7) is 13.2. The molecule has 2 heterocycles. The van der Waals surface area contributed by atoms with E-state index in [4.69, 9.17) is 4.74 Å². The predicted octanol–water partition coefficient (Wildman–Crippen LogP) is 1.88. The zero-order chi connectivity index (χ0) is 15.3. The number of hydrogen-bond donors (Lipinski definition) is 2. The summed E-state index contributed by atoms with van der Waals surface area (Å²) in [7, 11) is 0. The van der Waals surface area contributed by atoms with Crippen LogP contribution in [-0.2, 0) is 4.74 Å². The second-order valence-corrected chi connectivity index (χ2v) is 8.19. The molecule has 2 aliphatic heterocycles. The monoisotopic (exact) mass is 298 g/mol. The maximum atomic E-state index is 9.43. The van der Waals surface area contributed by atoms with Crippen LogP contribution in [0.5, 0.6) is 0 Å². The molecule has 0 saturated carbocycles. The van der Waals surface area contributed by atoms with Crippen molar-refractivity contribution in [2.45, 2.75) is 52.0 Å². The van der Waals surface area contributed by atoms with Gasteiger partial charge in [-0.25, -0.2) is 0 Å². The largest absolute Gasteiger partial charge is 0.396 e. The van der Waals surface area contributed by atoms with Crippen molar-refractivity contribution in [3.05, 3.63) is 0 Å². The van der Waals surface area contributed by atoms with Crippen molar-refractivity contribution in [2.75, 3.05) is 46.0 Å². The molecule has 0 aromatic carbocycles. The van der Waals surface area contributed by atoms with Gasteiger partial charge >= 0.3 is 0 Å². The molecule has 2 rings (SSSR count). The quantitative estimate of drug-likeness (QED) is 0.813. The summed E-state index contributed by atoms with van der Waals surface area (Å²) in [6.07, 6.45) is 4.81. The average molecular weight is 298 g/mol. The number of piperidine rings is 1. The Labute approximate surface area is 130 Å². The van der Waals surface area contributed by atoms with E-state index in [1.54, 1.807) is 0 Å². The van der Waals surface area contributed by atoms with Gasteiger partial charge in [0, 0.05) is 43.8 Å². The van der Waals surface area contributed by atoms with E-state index in [1.165, 1.54) is 32.2 Å². The topological polar surface area (TPSA) is 44.7 Å². The third-order valence-electron chi connectivity index (χ3n) is 4.82. The van der Waals surface area contributed by atoms with E-state index in [-0.39, 0.29) is 11.0 Å². The second kappa shape index (κ2) is 7.40. The smallest absolute Gasteiger partial charge is 0.0546 e. The summed E-state index contributed by atoms with van der Waals surface area (Å²) in [4.78, 5) is 2.56. The first-order valence-corrected chi connectivity index (χ1v) is 8.58. The highest BCUT2D eigenvalue weighted by atomic mass is 16.5. The van der Waals surface area contributed by atoms with Crippen molar-refractivity contribution < 1.29 is 9.84 Å². The highest BCUT2D eigenvalue weighted by Crippen LogP contribution is 2.31. The summed E-state index contributed by atoms with van der Waals surface area (Å²) < 4.78 is 5.83. The van der Waals surface area contributed by atoms with Crippen LogP contribution in [0, 0.1) is 11.3 Å². The van der Waals surface area contributed by atoms with Gasteiger partial charge in [-0.15, -0.1) is 0 Å². The van der Waals surface area contributed by atoms with E-state index in [2.05, 4.69) is 31.0 Å². The lowest BCUT2D eigenvalue weighted by molar-refractivity contribution is -0.0362. The molecule has 2 saturated heterocycles. The Hall–Kier alpha value is -0.160.